The lowest BCUT2D eigenvalue weighted by molar-refractivity contribution is -0.137. The van der Waals surface area contributed by atoms with Crippen molar-refractivity contribution in [2.24, 2.45) is 0 Å². The summed E-state index contributed by atoms with van der Waals surface area (Å²) < 4.78 is 35.9. The second-order valence-corrected chi connectivity index (χ2v) is 13.3. The van der Waals surface area contributed by atoms with Crippen LogP contribution in [0.25, 0.3) is 10.9 Å². The van der Waals surface area contributed by atoms with Crippen molar-refractivity contribution >= 4 is 38.7 Å². The standard InChI is InChI=1S/C29H32N2O5S2/c1-20(2)36-22-8-11-25(12-9-22)38(34,35)31-15-14-21(17-31)27-18-30(19-29(32)33)28-16-24(10-13-26(27)28)37-23-6-4-3-5-7-23/h3-11,13,16,18,20-21,25H,12,14-15,17,19H2,1-2H3,(H,32,33). The van der Waals surface area contributed by atoms with Crippen molar-refractivity contribution in [2.45, 2.75) is 60.3 Å². The molecule has 1 fully saturated rings. The van der Waals surface area contributed by atoms with E-state index in [-0.39, 0.29) is 18.6 Å². The van der Waals surface area contributed by atoms with Crippen molar-refractivity contribution in [1.29, 1.82) is 0 Å². The number of nitrogens with zero attached hydrogens (tertiary/aromatic N) is 2. The van der Waals surface area contributed by atoms with E-state index in [0.717, 1.165) is 26.3 Å². The maximum Gasteiger partial charge on any atom is 0.323 e. The third-order valence-corrected chi connectivity index (χ3v) is 10.1. The molecule has 2 aromatic carbocycles. The first-order valence-electron chi connectivity index (χ1n) is 12.8. The van der Waals surface area contributed by atoms with Crippen LogP contribution in [0.2, 0.25) is 0 Å². The van der Waals surface area contributed by atoms with Gasteiger partial charge in [-0.15, -0.1) is 0 Å². The predicted molar refractivity (Wildman–Crippen MR) is 150 cm³/mol. The number of hydrogen-bond acceptors (Lipinski definition) is 5. The van der Waals surface area contributed by atoms with E-state index in [9.17, 15) is 18.3 Å². The van der Waals surface area contributed by atoms with Crippen LogP contribution < -0.4 is 0 Å². The van der Waals surface area contributed by atoms with E-state index in [1.165, 1.54) is 0 Å². The van der Waals surface area contributed by atoms with Gasteiger partial charge in [0.2, 0.25) is 10.0 Å². The Labute approximate surface area is 227 Å². The maximum atomic E-state index is 13.4. The van der Waals surface area contributed by atoms with E-state index >= 15 is 0 Å². The Bertz CT molecular complexity index is 1490. The summed E-state index contributed by atoms with van der Waals surface area (Å²) in [7, 11) is -3.52. The quantitative estimate of drug-likeness (QED) is 0.370. The molecule has 7 nitrogen and oxygen atoms in total. The monoisotopic (exact) mass is 552 g/mol. The summed E-state index contributed by atoms with van der Waals surface area (Å²) >= 11 is 1.63. The number of aromatic nitrogens is 1. The Kier molecular flexibility index (Phi) is 7.70. The average molecular weight is 553 g/mol. The number of allylic oxidation sites excluding steroid dienone is 2. The number of hydrogen-bond donors (Lipinski definition) is 1. The first-order chi connectivity index (χ1) is 18.2. The van der Waals surface area contributed by atoms with Gasteiger partial charge in [-0.2, -0.15) is 0 Å². The Morgan fingerprint density at radius 3 is 2.63 bits per heavy atom. The molecule has 3 aromatic rings. The molecule has 1 saturated heterocycles. The third kappa shape index (κ3) is 5.70. The maximum absolute atomic E-state index is 13.4. The number of aliphatic carboxylic acids is 1. The SMILES string of the molecule is CC(C)OC1=CCC(S(=O)(=O)N2CCC(c3cn(CC(=O)O)c4cc(Sc5ccccc5)ccc34)C2)C=C1. The number of benzene rings is 2. The summed E-state index contributed by atoms with van der Waals surface area (Å²) in [4.78, 5) is 13.8. The van der Waals surface area contributed by atoms with Crippen LogP contribution in [0.5, 0.6) is 0 Å². The number of carboxylic acid groups (broad SMARTS) is 1. The molecule has 1 N–H and O–H groups in total. The molecule has 2 atom stereocenters. The molecule has 0 spiro atoms. The van der Waals surface area contributed by atoms with E-state index < -0.39 is 21.2 Å². The van der Waals surface area contributed by atoms with E-state index in [0.29, 0.717) is 31.7 Å². The van der Waals surface area contributed by atoms with E-state index in [4.69, 9.17) is 4.74 Å². The zero-order valence-electron chi connectivity index (χ0n) is 21.5. The lowest BCUT2D eigenvalue weighted by atomic mass is 9.98. The highest BCUT2D eigenvalue weighted by molar-refractivity contribution is 7.99. The summed E-state index contributed by atoms with van der Waals surface area (Å²) in [5, 5.41) is 9.90. The molecule has 200 valence electrons. The molecule has 0 saturated carbocycles. The highest BCUT2D eigenvalue weighted by Gasteiger charge is 2.37. The fourth-order valence-corrected chi connectivity index (χ4v) is 7.78. The van der Waals surface area contributed by atoms with E-state index in [1.807, 2.05) is 74.7 Å². The zero-order chi connectivity index (χ0) is 26.9. The molecular formula is C29H32N2O5S2. The van der Waals surface area contributed by atoms with E-state index in [1.54, 1.807) is 32.8 Å². The zero-order valence-corrected chi connectivity index (χ0v) is 23.1. The molecule has 0 bridgehead atoms. The molecule has 1 aliphatic heterocycles. The second-order valence-electron chi connectivity index (χ2n) is 10.00. The lowest BCUT2D eigenvalue weighted by Gasteiger charge is -2.24. The van der Waals surface area contributed by atoms with Crippen LogP contribution in [0.4, 0.5) is 0 Å². The number of ether oxygens (including phenoxy) is 1. The molecule has 0 amide bonds. The van der Waals surface area contributed by atoms with Gasteiger partial charge in [0.05, 0.1) is 11.4 Å². The van der Waals surface area contributed by atoms with Gasteiger partial charge in [-0.05, 0) is 68.7 Å². The van der Waals surface area contributed by atoms with Crippen molar-refractivity contribution in [2.75, 3.05) is 13.1 Å². The van der Waals surface area contributed by atoms with Gasteiger partial charge in [0.1, 0.15) is 12.3 Å². The Balaban J connectivity index is 1.37. The van der Waals surface area contributed by atoms with Crippen LogP contribution in [0.1, 0.15) is 38.2 Å². The molecular weight excluding hydrogens is 520 g/mol. The number of carbonyl (C=O) groups is 1. The van der Waals surface area contributed by atoms with Crippen molar-refractivity contribution in [1.82, 2.24) is 8.87 Å². The van der Waals surface area contributed by atoms with Crippen molar-refractivity contribution in [3.05, 3.63) is 84.3 Å². The molecule has 5 rings (SSSR count). The lowest BCUT2D eigenvalue weighted by Crippen LogP contribution is -2.36. The Hall–Kier alpha value is -3.01. The minimum atomic E-state index is -3.52. The van der Waals surface area contributed by atoms with E-state index in [2.05, 4.69) is 0 Å². The highest BCUT2D eigenvalue weighted by atomic mass is 32.2. The van der Waals surface area contributed by atoms with Gasteiger partial charge in [-0.1, -0.05) is 42.1 Å². The van der Waals surface area contributed by atoms with Gasteiger partial charge >= 0.3 is 5.97 Å². The number of rotatable bonds is 9. The van der Waals surface area contributed by atoms with Gasteiger partial charge in [0.25, 0.3) is 0 Å². The van der Waals surface area contributed by atoms with Crippen molar-refractivity contribution in [3.63, 3.8) is 0 Å². The Morgan fingerprint density at radius 1 is 1.16 bits per heavy atom. The topological polar surface area (TPSA) is 88.8 Å². The molecule has 1 aromatic heterocycles. The van der Waals surface area contributed by atoms with Gasteiger partial charge in [-0.3, -0.25) is 4.79 Å². The van der Waals surface area contributed by atoms with Crippen LogP contribution in [0, 0.1) is 0 Å². The average Bonchev–Trinajstić information content (AvgIpc) is 3.50. The summed E-state index contributed by atoms with van der Waals surface area (Å²) in [6, 6.07) is 16.2. The molecule has 1 aliphatic carbocycles. The Morgan fingerprint density at radius 2 is 1.95 bits per heavy atom. The summed E-state index contributed by atoms with van der Waals surface area (Å²) in [6.07, 6.45) is 8.35. The van der Waals surface area contributed by atoms with Gasteiger partial charge in [-0.25, -0.2) is 12.7 Å². The van der Waals surface area contributed by atoms with Crippen LogP contribution in [-0.4, -0.2) is 52.8 Å². The molecule has 38 heavy (non-hydrogen) atoms. The normalized spacial score (nSPS) is 20.2. The highest BCUT2D eigenvalue weighted by Crippen LogP contribution is 2.38. The third-order valence-electron chi connectivity index (χ3n) is 6.90. The van der Waals surface area contributed by atoms with Crippen LogP contribution in [0.15, 0.2) is 88.5 Å². The summed E-state index contributed by atoms with van der Waals surface area (Å²) in [6.45, 7) is 4.57. The second kappa shape index (κ2) is 11.0. The minimum absolute atomic E-state index is 0.00195. The van der Waals surface area contributed by atoms with Crippen LogP contribution >= 0.6 is 11.8 Å². The number of fused-ring (bicyclic) bond motifs is 1. The fraction of sp³-hybridized carbons (Fsp3) is 0.345. The largest absolute Gasteiger partial charge is 0.491 e. The van der Waals surface area contributed by atoms with Crippen LogP contribution in [0.3, 0.4) is 0 Å². The van der Waals surface area contributed by atoms with Gasteiger partial charge in [0, 0.05) is 45.9 Å². The van der Waals surface area contributed by atoms with Crippen molar-refractivity contribution in [3.8, 4) is 0 Å². The van der Waals surface area contributed by atoms with Crippen LogP contribution in [-0.2, 0) is 26.1 Å². The molecule has 2 heterocycles. The molecule has 2 unspecified atom stereocenters. The number of sulfonamides is 1. The number of carboxylic acids is 1. The first-order valence-corrected chi connectivity index (χ1v) is 15.1. The summed E-state index contributed by atoms with van der Waals surface area (Å²) in [5.41, 5.74) is 1.85. The van der Waals surface area contributed by atoms with Gasteiger partial charge in [0.15, 0.2) is 0 Å². The smallest absolute Gasteiger partial charge is 0.323 e. The van der Waals surface area contributed by atoms with Gasteiger partial charge < -0.3 is 14.4 Å². The minimum Gasteiger partial charge on any atom is -0.491 e. The first kappa shape index (κ1) is 26.6. The fourth-order valence-electron chi connectivity index (χ4n) is 5.16. The van der Waals surface area contributed by atoms with Crippen molar-refractivity contribution < 1.29 is 23.1 Å². The predicted octanol–water partition coefficient (Wildman–Crippen LogP) is 5.63. The molecule has 0 radical (unpaired) electrons. The molecule has 2 aliphatic rings. The summed E-state index contributed by atoms with van der Waals surface area (Å²) in [5.74, 6) is -0.206. The molecule has 9 heteroatoms.